The third kappa shape index (κ3) is 4.32. The van der Waals surface area contributed by atoms with Gasteiger partial charge in [-0.15, -0.1) is 0 Å². The van der Waals surface area contributed by atoms with Gasteiger partial charge in [0.15, 0.2) is 9.84 Å². The molecule has 0 amide bonds. The van der Waals surface area contributed by atoms with Crippen molar-refractivity contribution in [2.24, 2.45) is 0 Å². The van der Waals surface area contributed by atoms with Crippen LogP contribution in [0.3, 0.4) is 0 Å². The molecule has 0 saturated carbocycles. The zero-order valence-corrected chi connectivity index (χ0v) is 13.5. The van der Waals surface area contributed by atoms with E-state index in [1.54, 1.807) is 0 Å². The summed E-state index contributed by atoms with van der Waals surface area (Å²) >= 11 is 0. The molecule has 1 aliphatic heterocycles. The highest BCUT2D eigenvalue weighted by Gasteiger charge is 2.38. The third-order valence-electron chi connectivity index (χ3n) is 4.05. The van der Waals surface area contributed by atoms with E-state index in [0.717, 1.165) is 19.3 Å². The molecule has 0 bridgehead atoms. The summed E-state index contributed by atoms with van der Waals surface area (Å²) in [6, 6.07) is 8.90. The first-order chi connectivity index (χ1) is 9.28. The molecular weight excluding hydrogens is 270 g/mol. The minimum Gasteiger partial charge on any atom is -0.308 e. The SMILES string of the molecule is Cc1cccc(CCC(C)NC2(C)CCS(=O)(=O)C2)c1. The van der Waals surface area contributed by atoms with Crippen molar-refractivity contribution < 1.29 is 8.42 Å². The monoisotopic (exact) mass is 295 g/mol. The standard InChI is InChI=1S/C16H25NO2S/c1-13-5-4-6-15(11-13)8-7-14(2)17-16(3)9-10-20(18,19)12-16/h4-6,11,14,17H,7-10,12H2,1-3H3. The molecule has 2 rings (SSSR count). The average Bonchev–Trinajstić information content (AvgIpc) is 2.61. The fourth-order valence-electron chi connectivity index (χ4n) is 3.04. The predicted octanol–water partition coefficient (Wildman–Crippen LogP) is 2.48. The number of sulfone groups is 1. The zero-order chi connectivity index (χ0) is 14.8. The summed E-state index contributed by atoms with van der Waals surface area (Å²) in [4.78, 5) is 0. The van der Waals surface area contributed by atoms with Gasteiger partial charge in [0.2, 0.25) is 0 Å². The quantitative estimate of drug-likeness (QED) is 0.908. The second-order valence-corrected chi connectivity index (χ2v) is 8.66. The highest BCUT2D eigenvalue weighted by Crippen LogP contribution is 2.24. The Bertz CT molecular complexity index is 568. The lowest BCUT2D eigenvalue weighted by Gasteiger charge is -2.28. The smallest absolute Gasteiger partial charge is 0.152 e. The Hall–Kier alpha value is -0.870. The lowest BCUT2D eigenvalue weighted by Crippen LogP contribution is -2.48. The second kappa shape index (κ2) is 5.86. The molecule has 0 aliphatic carbocycles. The molecule has 0 radical (unpaired) electrons. The Morgan fingerprint density at radius 1 is 1.40 bits per heavy atom. The van der Waals surface area contributed by atoms with Crippen molar-refractivity contribution >= 4 is 9.84 Å². The number of benzene rings is 1. The van der Waals surface area contributed by atoms with E-state index in [1.807, 2.05) is 6.92 Å². The summed E-state index contributed by atoms with van der Waals surface area (Å²) in [5.41, 5.74) is 2.39. The van der Waals surface area contributed by atoms with Gasteiger partial charge < -0.3 is 5.32 Å². The van der Waals surface area contributed by atoms with Gasteiger partial charge in [0.05, 0.1) is 11.5 Å². The van der Waals surface area contributed by atoms with Crippen LogP contribution in [-0.4, -0.2) is 31.5 Å². The highest BCUT2D eigenvalue weighted by molar-refractivity contribution is 7.91. The van der Waals surface area contributed by atoms with Crippen LogP contribution in [0.5, 0.6) is 0 Å². The summed E-state index contributed by atoms with van der Waals surface area (Å²) in [7, 11) is -2.83. The topological polar surface area (TPSA) is 46.2 Å². The lowest BCUT2D eigenvalue weighted by atomic mass is 9.98. The Kier molecular flexibility index (Phi) is 4.55. The van der Waals surface area contributed by atoms with E-state index in [9.17, 15) is 8.42 Å². The average molecular weight is 295 g/mol. The van der Waals surface area contributed by atoms with E-state index >= 15 is 0 Å². The summed E-state index contributed by atoms with van der Waals surface area (Å²) in [5.74, 6) is 0.593. The largest absolute Gasteiger partial charge is 0.308 e. The number of rotatable bonds is 5. The van der Waals surface area contributed by atoms with Crippen molar-refractivity contribution in [3.63, 3.8) is 0 Å². The lowest BCUT2D eigenvalue weighted by molar-refractivity contribution is 0.340. The van der Waals surface area contributed by atoms with E-state index < -0.39 is 9.84 Å². The van der Waals surface area contributed by atoms with Crippen LogP contribution >= 0.6 is 0 Å². The fourth-order valence-corrected chi connectivity index (χ4v) is 5.15. The van der Waals surface area contributed by atoms with Crippen LogP contribution in [0.2, 0.25) is 0 Å². The van der Waals surface area contributed by atoms with Crippen LogP contribution in [0.4, 0.5) is 0 Å². The van der Waals surface area contributed by atoms with Crippen LogP contribution in [0.15, 0.2) is 24.3 Å². The van der Waals surface area contributed by atoms with Crippen molar-refractivity contribution in [1.82, 2.24) is 5.32 Å². The number of hydrogen-bond acceptors (Lipinski definition) is 3. The molecule has 0 aromatic heterocycles. The van der Waals surface area contributed by atoms with Crippen LogP contribution < -0.4 is 5.32 Å². The molecule has 1 fully saturated rings. The van der Waals surface area contributed by atoms with E-state index in [4.69, 9.17) is 0 Å². The van der Waals surface area contributed by atoms with E-state index in [-0.39, 0.29) is 11.3 Å². The molecule has 1 saturated heterocycles. The molecule has 3 nitrogen and oxygen atoms in total. The van der Waals surface area contributed by atoms with Crippen LogP contribution in [0.1, 0.15) is 37.8 Å². The molecule has 112 valence electrons. The minimum absolute atomic E-state index is 0.245. The van der Waals surface area contributed by atoms with Gasteiger partial charge in [0.1, 0.15) is 0 Å². The minimum atomic E-state index is -2.83. The molecule has 20 heavy (non-hydrogen) atoms. The molecule has 4 heteroatoms. The number of nitrogens with one attached hydrogen (secondary N) is 1. The molecule has 1 aromatic rings. The maximum Gasteiger partial charge on any atom is 0.152 e. The summed E-state index contributed by atoms with van der Waals surface area (Å²) in [6.45, 7) is 6.28. The Balaban J connectivity index is 1.85. The van der Waals surface area contributed by atoms with Gasteiger partial charge in [-0.1, -0.05) is 29.8 Å². The van der Waals surface area contributed by atoms with Crippen LogP contribution in [0, 0.1) is 6.92 Å². The Morgan fingerprint density at radius 2 is 2.15 bits per heavy atom. The van der Waals surface area contributed by atoms with E-state index in [2.05, 4.69) is 43.4 Å². The molecule has 1 aliphatic rings. The summed E-state index contributed by atoms with van der Waals surface area (Å²) in [5, 5.41) is 3.52. The number of hydrogen-bond donors (Lipinski definition) is 1. The van der Waals surface area contributed by atoms with E-state index in [0.29, 0.717) is 11.8 Å². The van der Waals surface area contributed by atoms with Gasteiger partial charge in [0.25, 0.3) is 0 Å². The van der Waals surface area contributed by atoms with Crippen LogP contribution in [0.25, 0.3) is 0 Å². The maximum absolute atomic E-state index is 11.6. The predicted molar refractivity (Wildman–Crippen MR) is 83.8 cm³/mol. The first kappa shape index (κ1) is 15.5. The highest BCUT2D eigenvalue weighted by atomic mass is 32.2. The molecular formula is C16H25NO2S. The van der Waals surface area contributed by atoms with Crippen molar-refractivity contribution in [3.05, 3.63) is 35.4 Å². The zero-order valence-electron chi connectivity index (χ0n) is 12.6. The van der Waals surface area contributed by atoms with Gasteiger partial charge in [0, 0.05) is 11.6 Å². The summed E-state index contributed by atoms with van der Waals surface area (Å²) < 4.78 is 23.2. The van der Waals surface area contributed by atoms with Crippen molar-refractivity contribution in [3.8, 4) is 0 Å². The van der Waals surface area contributed by atoms with Gasteiger partial charge in [-0.3, -0.25) is 0 Å². The maximum atomic E-state index is 11.6. The normalized spacial score (nSPS) is 26.6. The van der Waals surface area contributed by atoms with Crippen molar-refractivity contribution in [2.45, 2.75) is 51.6 Å². The second-order valence-electron chi connectivity index (χ2n) is 6.48. The molecule has 2 unspecified atom stereocenters. The first-order valence-electron chi connectivity index (χ1n) is 7.32. The van der Waals surface area contributed by atoms with Crippen molar-refractivity contribution in [1.29, 1.82) is 0 Å². The van der Waals surface area contributed by atoms with Crippen LogP contribution in [-0.2, 0) is 16.3 Å². The Morgan fingerprint density at radius 3 is 2.75 bits per heavy atom. The van der Waals surface area contributed by atoms with Gasteiger partial charge in [-0.2, -0.15) is 0 Å². The Labute approximate surface area is 122 Å². The molecule has 2 atom stereocenters. The molecule has 1 aromatic carbocycles. The first-order valence-corrected chi connectivity index (χ1v) is 9.14. The fraction of sp³-hybridized carbons (Fsp3) is 0.625. The molecule has 1 N–H and O–H groups in total. The number of aryl methyl sites for hydroxylation is 2. The third-order valence-corrected chi connectivity index (χ3v) is 5.95. The summed E-state index contributed by atoms with van der Waals surface area (Å²) in [6.07, 6.45) is 2.78. The van der Waals surface area contributed by atoms with Crippen molar-refractivity contribution in [2.75, 3.05) is 11.5 Å². The van der Waals surface area contributed by atoms with Gasteiger partial charge in [-0.25, -0.2) is 8.42 Å². The van der Waals surface area contributed by atoms with E-state index in [1.165, 1.54) is 11.1 Å². The van der Waals surface area contributed by atoms with Gasteiger partial charge in [-0.05, 0) is 45.6 Å². The molecule has 1 heterocycles. The van der Waals surface area contributed by atoms with Gasteiger partial charge >= 0.3 is 0 Å². The molecule has 0 spiro atoms.